The Morgan fingerprint density at radius 2 is 1.94 bits per heavy atom. The number of aryl methyl sites for hydroxylation is 3. The fraction of sp³-hybridized carbons (Fsp3) is 0.267. The van der Waals surface area contributed by atoms with Crippen molar-refractivity contribution in [2.75, 3.05) is 0 Å². The van der Waals surface area contributed by atoms with Crippen molar-refractivity contribution in [1.29, 1.82) is 0 Å². The highest BCUT2D eigenvalue weighted by atomic mass is 14.7. The van der Waals surface area contributed by atoms with Crippen LogP contribution in [0.1, 0.15) is 27.7 Å². The number of pyridine rings is 1. The van der Waals surface area contributed by atoms with E-state index >= 15 is 0 Å². The van der Waals surface area contributed by atoms with Crippen LogP contribution in [0.4, 0.5) is 0 Å². The van der Waals surface area contributed by atoms with Crippen LogP contribution in [-0.2, 0) is 6.42 Å². The van der Waals surface area contributed by atoms with Gasteiger partial charge in [0.25, 0.3) is 0 Å². The van der Waals surface area contributed by atoms with Crippen molar-refractivity contribution < 1.29 is 4.11 Å². The quantitative estimate of drug-likeness (QED) is 0.738. The Bertz CT molecular complexity index is 571. The maximum atomic E-state index is 7.44. The van der Waals surface area contributed by atoms with Gasteiger partial charge in [0.15, 0.2) is 0 Å². The van der Waals surface area contributed by atoms with Crippen molar-refractivity contribution in [3.05, 3.63) is 53.2 Å². The Kier molecular flexibility index (Phi) is 2.13. The molecule has 0 radical (unpaired) electrons. The van der Waals surface area contributed by atoms with Gasteiger partial charge in [-0.05, 0) is 43.0 Å². The number of rotatable bonds is 2. The predicted molar refractivity (Wildman–Crippen MR) is 68.5 cm³/mol. The molecule has 1 aromatic heterocycles. The minimum Gasteiger partial charge on any atom is -0.256 e. The van der Waals surface area contributed by atoms with Crippen LogP contribution < -0.4 is 0 Å². The SMILES string of the molecule is [2H]C([2H])([2H])c1cnc(-c2ccc(CC)cc2)cc1C. The second-order valence-corrected chi connectivity index (χ2v) is 3.93. The molecule has 0 bridgehead atoms. The summed E-state index contributed by atoms with van der Waals surface area (Å²) in [6, 6.07) is 10.0. The molecule has 0 saturated carbocycles. The molecule has 0 fully saturated rings. The van der Waals surface area contributed by atoms with Crippen molar-refractivity contribution >= 4 is 0 Å². The van der Waals surface area contributed by atoms with Gasteiger partial charge in [0.1, 0.15) is 0 Å². The molecule has 2 rings (SSSR count). The lowest BCUT2D eigenvalue weighted by Crippen LogP contribution is -1.88. The predicted octanol–water partition coefficient (Wildman–Crippen LogP) is 3.93. The van der Waals surface area contributed by atoms with E-state index in [1.807, 2.05) is 25.1 Å². The summed E-state index contributed by atoms with van der Waals surface area (Å²) in [6.45, 7) is 1.83. The molecule has 0 aliphatic carbocycles. The third-order valence-electron chi connectivity index (χ3n) is 2.77. The van der Waals surface area contributed by atoms with Crippen molar-refractivity contribution in [3.63, 3.8) is 0 Å². The Morgan fingerprint density at radius 1 is 1.19 bits per heavy atom. The monoisotopic (exact) mass is 214 g/mol. The molecular formula is C15H17N. The van der Waals surface area contributed by atoms with Gasteiger partial charge in [-0.2, -0.15) is 0 Å². The molecule has 0 aliphatic rings. The van der Waals surface area contributed by atoms with Gasteiger partial charge in [-0.3, -0.25) is 4.98 Å². The lowest BCUT2D eigenvalue weighted by Gasteiger charge is -2.05. The fourth-order valence-electron chi connectivity index (χ4n) is 1.63. The molecule has 0 aliphatic heterocycles. The van der Waals surface area contributed by atoms with E-state index in [9.17, 15) is 0 Å². The zero-order valence-electron chi connectivity index (χ0n) is 12.6. The molecule has 0 atom stereocenters. The summed E-state index contributed by atoms with van der Waals surface area (Å²) in [7, 11) is 0. The molecule has 2 aromatic rings. The van der Waals surface area contributed by atoms with E-state index in [2.05, 4.69) is 24.0 Å². The zero-order valence-corrected chi connectivity index (χ0v) is 9.62. The summed E-state index contributed by atoms with van der Waals surface area (Å²) in [5.41, 5.74) is 4.18. The average molecular weight is 214 g/mol. The average Bonchev–Trinajstić information content (AvgIpc) is 2.37. The molecule has 82 valence electrons. The number of benzene rings is 1. The van der Waals surface area contributed by atoms with Crippen LogP contribution in [0.25, 0.3) is 11.3 Å². The van der Waals surface area contributed by atoms with Gasteiger partial charge < -0.3 is 0 Å². The zero-order chi connectivity index (χ0) is 14.0. The molecule has 0 saturated heterocycles. The maximum absolute atomic E-state index is 7.44. The van der Waals surface area contributed by atoms with Crippen molar-refractivity contribution in [2.24, 2.45) is 0 Å². The van der Waals surface area contributed by atoms with Crippen molar-refractivity contribution in [2.45, 2.75) is 27.1 Å². The minimum absolute atomic E-state index is 0.321. The van der Waals surface area contributed by atoms with Crippen LogP contribution in [0, 0.1) is 13.8 Å². The Balaban J connectivity index is 2.38. The third kappa shape index (κ3) is 2.13. The van der Waals surface area contributed by atoms with E-state index in [0.717, 1.165) is 23.2 Å². The molecule has 0 amide bonds. The smallest absolute Gasteiger partial charge is 0.0704 e. The topological polar surface area (TPSA) is 12.9 Å². The van der Waals surface area contributed by atoms with Gasteiger partial charge in [-0.1, -0.05) is 31.2 Å². The number of nitrogens with zero attached hydrogens (tertiary/aromatic N) is 1. The van der Waals surface area contributed by atoms with Crippen LogP contribution in [-0.4, -0.2) is 4.98 Å². The van der Waals surface area contributed by atoms with E-state index in [1.165, 1.54) is 11.8 Å². The maximum Gasteiger partial charge on any atom is 0.0704 e. The van der Waals surface area contributed by atoms with Crippen LogP contribution in [0.2, 0.25) is 0 Å². The number of aromatic nitrogens is 1. The minimum atomic E-state index is -2.10. The molecule has 0 unspecified atom stereocenters. The largest absolute Gasteiger partial charge is 0.256 e. The van der Waals surface area contributed by atoms with E-state index in [4.69, 9.17) is 4.11 Å². The second-order valence-electron chi connectivity index (χ2n) is 3.93. The Hall–Kier alpha value is -1.63. The van der Waals surface area contributed by atoms with Crippen LogP contribution >= 0.6 is 0 Å². The van der Waals surface area contributed by atoms with Crippen molar-refractivity contribution in [3.8, 4) is 11.3 Å². The molecule has 0 spiro atoms. The fourth-order valence-corrected chi connectivity index (χ4v) is 1.63. The molecule has 1 heterocycles. The van der Waals surface area contributed by atoms with Gasteiger partial charge in [0, 0.05) is 15.9 Å². The lowest BCUT2D eigenvalue weighted by molar-refractivity contribution is 1.14. The summed E-state index contributed by atoms with van der Waals surface area (Å²) in [6.07, 6.45) is 2.47. The van der Waals surface area contributed by atoms with Crippen LogP contribution in [0.3, 0.4) is 0 Å². The second kappa shape index (κ2) is 4.48. The highest BCUT2D eigenvalue weighted by Gasteiger charge is 2.01. The van der Waals surface area contributed by atoms with Gasteiger partial charge in [-0.25, -0.2) is 0 Å². The first kappa shape index (κ1) is 7.61. The summed E-state index contributed by atoms with van der Waals surface area (Å²) >= 11 is 0. The van der Waals surface area contributed by atoms with Crippen LogP contribution in [0.15, 0.2) is 36.5 Å². The van der Waals surface area contributed by atoms with Gasteiger partial charge in [0.05, 0.1) is 5.69 Å². The molecule has 1 nitrogen and oxygen atoms in total. The van der Waals surface area contributed by atoms with Crippen LogP contribution in [0.5, 0.6) is 0 Å². The molecule has 1 heteroatoms. The van der Waals surface area contributed by atoms with E-state index in [1.54, 1.807) is 0 Å². The number of hydrogen-bond acceptors (Lipinski definition) is 1. The summed E-state index contributed by atoms with van der Waals surface area (Å²) in [5.74, 6) is 0. The normalized spacial score (nSPS) is 14.0. The highest BCUT2D eigenvalue weighted by molar-refractivity contribution is 5.60. The molecule has 1 aromatic carbocycles. The van der Waals surface area contributed by atoms with Gasteiger partial charge in [-0.15, -0.1) is 0 Å². The van der Waals surface area contributed by atoms with Crippen molar-refractivity contribution in [1.82, 2.24) is 4.98 Å². The van der Waals surface area contributed by atoms with Gasteiger partial charge >= 0.3 is 0 Å². The Morgan fingerprint density at radius 3 is 2.50 bits per heavy atom. The van der Waals surface area contributed by atoms with E-state index in [-0.39, 0.29) is 0 Å². The number of hydrogen-bond donors (Lipinski definition) is 0. The summed E-state index contributed by atoms with van der Waals surface area (Å²) in [5, 5.41) is 0. The molecular weight excluding hydrogens is 194 g/mol. The Labute approximate surface area is 101 Å². The first-order chi connectivity index (χ1) is 8.91. The van der Waals surface area contributed by atoms with Gasteiger partial charge in [0.2, 0.25) is 0 Å². The van der Waals surface area contributed by atoms with E-state index < -0.39 is 6.85 Å². The standard InChI is InChI=1S/C15H17N/c1-4-13-5-7-14(8-6-13)15-9-11(2)12(3)10-16-15/h5-10H,4H2,1-3H3/i3D3. The molecule has 16 heavy (non-hydrogen) atoms. The first-order valence-corrected chi connectivity index (χ1v) is 5.48. The van der Waals surface area contributed by atoms with E-state index in [0.29, 0.717) is 5.56 Å². The summed E-state index contributed by atoms with van der Waals surface area (Å²) < 4.78 is 22.3. The lowest BCUT2D eigenvalue weighted by atomic mass is 10.0. The first-order valence-electron chi connectivity index (χ1n) is 6.98. The highest BCUT2D eigenvalue weighted by Crippen LogP contribution is 2.19. The third-order valence-corrected chi connectivity index (χ3v) is 2.77. The molecule has 0 N–H and O–H groups in total. The summed E-state index contributed by atoms with van der Waals surface area (Å²) in [4.78, 5) is 4.27.